The third kappa shape index (κ3) is 3.84. The van der Waals surface area contributed by atoms with E-state index in [9.17, 15) is 0 Å². The first-order valence-electron chi connectivity index (χ1n) is 5.53. The molecule has 1 unspecified atom stereocenters. The van der Waals surface area contributed by atoms with Crippen molar-refractivity contribution >= 4 is 9.52 Å². The molecule has 0 N–H and O–H groups in total. The number of hydrogen-bond donors (Lipinski definition) is 0. The Hall–Kier alpha value is 0.0569. The maximum absolute atomic E-state index is 5.70. The highest BCUT2D eigenvalue weighted by Crippen LogP contribution is 2.20. The van der Waals surface area contributed by atoms with E-state index in [1.807, 2.05) is 0 Å². The summed E-state index contributed by atoms with van der Waals surface area (Å²) in [6.45, 7) is 0.914. The molecule has 1 aliphatic rings. The highest BCUT2D eigenvalue weighted by Gasteiger charge is 2.31. The minimum atomic E-state index is -0.840. The van der Waals surface area contributed by atoms with Crippen LogP contribution in [0.2, 0.25) is 6.04 Å². The molecule has 0 aromatic rings. The van der Waals surface area contributed by atoms with Gasteiger partial charge >= 0.3 is 0 Å². The topological polar surface area (TPSA) is 36.9 Å². The van der Waals surface area contributed by atoms with E-state index in [4.69, 9.17) is 18.9 Å². The van der Waals surface area contributed by atoms with E-state index in [1.54, 1.807) is 21.3 Å². The molecule has 1 rings (SSSR count). The average molecular weight is 234 g/mol. The highest BCUT2D eigenvalue weighted by molar-refractivity contribution is 6.37. The van der Waals surface area contributed by atoms with Crippen LogP contribution in [0.3, 0.4) is 0 Å². The third-order valence-corrected chi connectivity index (χ3v) is 5.17. The van der Waals surface area contributed by atoms with Gasteiger partial charge in [0.2, 0.25) is 0 Å². The van der Waals surface area contributed by atoms with Crippen molar-refractivity contribution in [1.82, 2.24) is 0 Å². The van der Waals surface area contributed by atoms with Gasteiger partial charge in [0.1, 0.15) is 0 Å². The van der Waals surface area contributed by atoms with Gasteiger partial charge in [0.25, 0.3) is 5.97 Å². The van der Waals surface area contributed by atoms with Gasteiger partial charge in [0, 0.05) is 39.7 Å². The number of hydrogen-bond acceptors (Lipinski definition) is 4. The molecule has 0 amide bonds. The first-order chi connectivity index (χ1) is 7.26. The van der Waals surface area contributed by atoms with Crippen molar-refractivity contribution < 1.29 is 18.9 Å². The summed E-state index contributed by atoms with van der Waals surface area (Å²) in [5.74, 6) is -0.840. The molecular weight excluding hydrogens is 212 g/mol. The fraction of sp³-hybridized carbons (Fsp3) is 1.00. The van der Waals surface area contributed by atoms with Crippen LogP contribution in [0.15, 0.2) is 0 Å². The fourth-order valence-corrected chi connectivity index (χ4v) is 4.13. The van der Waals surface area contributed by atoms with Crippen molar-refractivity contribution in [3.8, 4) is 0 Å². The smallest absolute Gasteiger partial charge is 0.279 e. The van der Waals surface area contributed by atoms with Gasteiger partial charge in [-0.15, -0.1) is 0 Å². The molecule has 0 aromatic carbocycles. The molecule has 15 heavy (non-hydrogen) atoms. The number of ether oxygens (including phenoxy) is 4. The second kappa shape index (κ2) is 6.60. The zero-order valence-electron chi connectivity index (χ0n) is 9.95. The maximum Gasteiger partial charge on any atom is 0.279 e. The fourth-order valence-electron chi connectivity index (χ4n) is 1.93. The van der Waals surface area contributed by atoms with Crippen molar-refractivity contribution in [2.24, 2.45) is 0 Å². The Bertz CT molecular complexity index is 159. The Balaban J connectivity index is 2.31. The van der Waals surface area contributed by atoms with Crippen molar-refractivity contribution in [2.45, 2.75) is 37.0 Å². The van der Waals surface area contributed by atoms with Gasteiger partial charge in [-0.2, -0.15) is 0 Å². The maximum atomic E-state index is 5.70. The lowest BCUT2D eigenvalue weighted by Crippen LogP contribution is -2.40. The summed E-state index contributed by atoms with van der Waals surface area (Å²) in [5.41, 5.74) is 0.471. The van der Waals surface area contributed by atoms with Crippen LogP contribution in [0, 0.1) is 0 Å². The molecule has 1 fully saturated rings. The molecule has 0 spiro atoms. The van der Waals surface area contributed by atoms with Gasteiger partial charge in [-0.25, -0.2) is 0 Å². The van der Waals surface area contributed by atoms with Crippen LogP contribution in [-0.4, -0.2) is 49.2 Å². The largest absolute Gasteiger partial charge is 0.382 e. The van der Waals surface area contributed by atoms with Gasteiger partial charge in [-0.05, 0) is 19.3 Å². The predicted octanol–water partition coefficient (Wildman–Crippen LogP) is 0.693. The van der Waals surface area contributed by atoms with Gasteiger partial charge in [-0.1, -0.05) is 0 Å². The molecule has 0 radical (unpaired) electrons. The van der Waals surface area contributed by atoms with Gasteiger partial charge < -0.3 is 18.9 Å². The summed E-state index contributed by atoms with van der Waals surface area (Å²) in [6.07, 6.45) is 3.69. The van der Waals surface area contributed by atoms with Crippen molar-refractivity contribution in [2.75, 3.05) is 27.9 Å². The van der Waals surface area contributed by atoms with Crippen LogP contribution in [0.1, 0.15) is 19.3 Å². The Morgan fingerprint density at radius 3 is 2.33 bits per heavy atom. The second-order valence-electron chi connectivity index (χ2n) is 3.82. The standard InChI is InChI=1S/C10H22O4Si/c1-11-10(12-2,13-3)8-15-9-6-4-5-7-14-9/h9H,4-8,15H2,1-3H3. The van der Waals surface area contributed by atoms with Gasteiger partial charge in [-0.3, -0.25) is 0 Å². The Morgan fingerprint density at radius 1 is 1.20 bits per heavy atom. The lowest BCUT2D eigenvalue weighted by molar-refractivity contribution is -0.339. The third-order valence-electron chi connectivity index (χ3n) is 2.98. The minimum absolute atomic E-state index is 0.369. The van der Waals surface area contributed by atoms with Gasteiger partial charge in [0.15, 0.2) is 0 Å². The molecule has 5 heteroatoms. The molecule has 4 nitrogen and oxygen atoms in total. The van der Waals surface area contributed by atoms with Crippen LogP contribution in [0.25, 0.3) is 0 Å². The second-order valence-corrected chi connectivity index (χ2v) is 5.81. The van der Waals surface area contributed by atoms with E-state index in [-0.39, 0.29) is 9.52 Å². The average Bonchev–Trinajstić information content (AvgIpc) is 2.33. The van der Waals surface area contributed by atoms with Crippen molar-refractivity contribution in [1.29, 1.82) is 0 Å². The number of rotatable bonds is 6. The first-order valence-corrected chi connectivity index (χ1v) is 7.35. The molecule has 0 aliphatic carbocycles. The summed E-state index contributed by atoms with van der Waals surface area (Å²) in [6, 6.07) is 0.834. The Labute approximate surface area is 94.0 Å². The molecule has 0 bridgehead atoms. The number of methoxy groups -OCH3 is 3. The lowest BCUT2D eigenvalue weighted by atomic mass is 10.2. The summed E-state index contributed by atoms with van der Waals surface area (Å²) in [7, 11) is 4.47. The molecule has 0 saturated carbocycles. The summed E-state index contributed by atoms with van der Waals surface area (Å²) >= 11 is 0. The lowest BCUT2D eigenvalue weighted by Gasteiger charge is -2.31. The van der Waals surface area contributed by atoms with E-state index in [1.165, 1.54) is 19.3 Å². The predicted molar refractivity (Wildman–Crippen MR) is 60.7 cm³/mol. The van der Waals surface area contributed by atoms with E-state index < -0.39 is 5.97 Å². The normalized spacial score (nSPS) is 23.8. The molecule has 1 saturated heterocycles. The molecule has 1 heterocycles. The molecule has 1 aliphatic heterocycles. The van der Waals surface area contributed by atoms with Crippen LogP contribution >= 0.6 is 0 Å². The van der Waals surface area contributed by atoms with Gasteiger partial charge in [0.05, 0.1) is 9.52 Å². The van der Waals surface area contributed by atoms with Crippen molar-refractivity contribution in [3.63, 3.8) is 0 Å². The van der Waals surface area contributed by atoms with E-state index >= 15 is 0 Å². The minimum Gasteiger partial charge on any atom is -0.382 e. The van der Waals surface area contributed by atoms with Crippen molar-refractivity contribution in [3.05, 3.63) is 0 Å². The first kappa shape index (κ1) is 13.1. The van der Waals surface area contributed by atoms with E-state index in [0.29, 0.717) is 5.73 Å². The summed E-state index contributed by atoms with van der Waals surface area (Å²) in [4.78, 5) is 0. The van der Waals surface area contributed by atoms with Crippen LogP contribution < -0.4 is 0 Å². The summed E-state index contributed by atoms with van der Waals surface area (Å²) in [5, 5.41) is 0. The quantitative estimate of drug-likeness (QED) is 0.500. The zero-order chi connectivity index (χ0) is 11.1. The zero-order valence-corrected chi connectivity index (χ0v) is 11.4. The SMILES string of the molecule is COC(C[SiH2]C1CCCCO1)(OC)OC. The van der Waals surface area contributed by atoms with Crippen LogP contribution in [0.5, 0.6) is 0 Å². The molecule has 1 atom stereocenters. The monoisotopic (exact) mass is 234 g/mol. The molecule has 0 aromatic heterocycles. The molecule has 90 valence electrons. The Morgan fingerprint density at radius 2 is 1.87 bits per heavy atom. The van der Waals surface area contributed by atoms with E-state index in [0.717, 1.165) is 12.7 Å². The highest BCUT2D eigenvalue weighted by atomic mass is 28.2. The van der Waals surface area contributed by atoms with E-state index in [2.05, 4.69) is 0 Å². The van der Waals surface area contributed by atoms with Crippen LogP contribution in [0.4, 0.5) is 0 Å². The molecular formula is C10H22O4Si. The van der Waals surface area contributed by atoms with Crippen LogP contribution in [-0.2, 0) is 18.9 Å². The summed E-state index contributed by atoms with van der Waals surface area (Å²) < 4.78 is 21.5. The Kier molecular flexibility index (Phi) is 5.77.